The smallest absolute Gasteiger partial charge is 0.132 e. The Bertz CT molecular complexity index is 1080. The van der Waals surface area contributed by atoms with Crippen molar-refractivity contribution < 1.29 is 9.53 Å². The van der Waals surface area contributed by atoms with Gasteiger partial charge in [-0.05, 0) is 77.3 Å². The second-order valence-electron chi connectivity index (χ2n) is 9.96. The zero-order valence-electron chi connectivity index (χ0n) is 20.8. The molecule has 0 aliphatic rings. The lowest BCUT2D eigenvalue weighted by Gasteiger charge is -2.19. The van der Waals surface area contributed by atoms with E-state index < -0.39 is 0 Å². The van der Waals surface area contributed by atoms with E-state index >= 15 is 0 Å². The van der Waals surface area contributed by atoms with Gasteiger partial charge in [-0.2, -0.15) is 0 Å². The Hall–Kier alpha value is -3.13. The normalized spacial score (nSPS) is 13.0. The van der Waals surface area contributed by atoms with Crippen LogP contribution in [-0.4, -0.2) is 12.4 Å². The molecule has 172 valence electrons. The van der Waals surface area contributed by atoms with E-state index in [0.717, 1.165) is 17.7 Å². The number of ketones is 1. The molecule has 0 spiro atoms. The molecule has 0 radical (unpaired) electrons. The molecule has 2 heteroatoms. The van der Waals surface area contributed by atoms with Crippen molar-refractivity contribution in [2.24, 2.45) is 5.92 Å². The molecule has 0 aliphatic heterocycles. The fraction of sp³-hybridized carbons (Fsp3) is 0.323. The minimum atomic E-state index is 0.0524. The lowest BCUT2D eigenvalue weighted by atomic mass is 9.86. The van der Waals surface area contributed by atoms with Crippen molar-refractivity contribution in [1.82, 2.24) is 0 Å². The quantitative estimate of drug-likeness (QED) is 0.356. The van der Waals surface area contributed by atoms with Crippen molar-refractivity contribution >= 4 is 11.4 Å². The topological polar surface area (TPSA) is 26.3 Å². The summed E-state index contributed by atoms with van der Waals surface area (Å²) < 4.78 is 5.89. The molecule has 0 saturated carbocycles. The Balaban J connectivity index is 1.57. The summed E-state index contributed by atoms with van der Waals surface area (Å²) in [6.45, 7) is 13.0. The lowest BCUT2D eigenvalue weighted by molar-refractivity contribution is -0.120. The maximum atomic E-state index is 11.4. The molecule has 0 saturated heterocycles. The highest BCUT2D eigenvalue weighted by molar-refractivity contribution is 5.78. The maximum Gasteiger partial charge on any atom is 0.132 e. The van der Waals surface area contributed by atoms with Crippen LogP contribution in [0.3, 0.4) is 0 Å². The van der Waals surface area contributed by atoms with Crippen LogP contribution in [0.15, 0.2) is 78.9 Å². The monoisotopic (exact) mass is 440 g/mol. The van der Waals surface area contributed by atoms with E-state index in [0.29, 0.717) is 6.61 Å². The average molecular weight is 441 g/mol. The van der Waals surface area contributed by atoms with Crippen molar-refractivity contribution in [1.29, 1.82) is 0 Å². The molecule has 3 aromatic rings. The number of benzene rings is 3. The number of ether oxygens (including phenoxy) is 1. The number of Topliss-reactive ketones (excluding diaryl/α,β-unsaturated/α-hetero) is 1. The van der Waals surface area contributed by atoms with E-state index in [1.807, 2.05) is 31.2 Å². The third-order valence-electron chi connectivity index (χ3n) is 6.22. The van der Waals surface area contributed by atoms with E-state index in [2.05, 4.69) is 82.3 Å². The van der Waals surface area contributed by atoms with Gasteiger partial charge in [-0.25, -0.2) is 0 Å². The highest BCUT2D eigenvalue weighted by atomic mass is 16.5. The van der Waals surface area contributed by atoms with E-state index in [-0.39, 0.29) is 17.1 Å². The van der Waals surface area contributed by atoms with Gasteiger partial charge in [0, 0.05) is 5.92 Å². The molecule has 0 bridgehead atoms. The summed E-state index contributed by atoms with van der Waals surface area (Å²) in [5, 5.41) is 0. The predicted octanol–water partition coefficient (Wildman–Crippen LogP) is 7.90. The summed E-state index contributed by atoms with van der Waals surface area (Å²) in [6.07, 6.45) is 2.88. The van der Waals surface area contributed by atoms with Crippen LogP contribution in [0.5, 0.6) is 5.75 Å². The molecule has 3 aromatic carbocycles. The molecule has 1 unspecified atom stereocenters. The lowest BCUT2D eigenvalue weighted by Crippen LogP contribution is -2.10. The number of carbonyl (C=O) groups excluding carboxylic acids is 1. The van der Waals surface area contributed by atoms with Gasteiger partial charge in [0.05, 0.1) is 0 Å². The number of rotatable bonds is 8. The van der Waals surface area contributed by atoms with Crippen LogP contribution in [0.2, 0.25) is 0 Å². The van der Waals surface area contributed by atoms with Gasteiger partial charge in [0.2, 0.25) is 0 Å². The van der Waals surface area contributed by atoms with Gasteiger partial charge in [-0.3, -0.25) is 4.79 Å². The highest BCUT2D eigenvalue weighted by Gasteiger charge is 2.13. The van der Waals surface area contributed by atoms with E-state index in [9.17, 15) is 4.79 Å². The zero-order valence-corrected chi connectivity index (χ0v) is 20.8. The van der Waals surface area contributed by atoms with Gasteiger partial charge >= 0.3 is 0 Å². The van der Waals surface area contributed by atoms with Crippen molar-refractivity contribution in [2.45, 2.75) is 53.4 Å². The Morgan fingerprint density at radius 3 is 1.91 bits per heavy atom. The molecule has 33 heavy (non-hydrogen) atoms. The SMILES string of the molecule is CC(=O)C(C)Cc1ccc(OC/C=C(\C)c2ccc(-c3ccc(C(C)(C)C)cc3)cc2)cc1. The summed E-state index contributed by atoms with van der Waals surface area (Å²) in [4.78, 5) is 11.4. The number of hydrogen-bond acceptors (Lipinski definition) is 2. The fourth-order valence-electron chi connectivity index (χ4n) is 3.69. The molecule has 0 heterocycles. The third kappa shape index (κ3) is 6.92. The molecule has 0 amide bonds. The van der Waals surface area contributed by atoms with Crippen molar-refractivity contribution in [3.05, 3.63) is 95.6 Å². The van der Waals surface area contributed by atoms with Gasteiger partial charge in [-0.15, -0.1) is 0 Å². The number of hydrogen-bond donors (Lipinski definition) is 0. The maximum absolute atomic E-state index is 11.4. The van der Waals surface area contributed by atoms with Crippen LogP contribution < -0.4 is 4.74 Å². The molecule has 2 nitrogen and oxygen atoms in total. The fourth-order valence-corrected chi connectivity index (χ4v) is 3.69. The standard InChI is InChI=1S/C31H36O2/c1-22(19-20-33-30-17-7-25(8-18-30)21-23(2)24(3)32)26-9-11-27(12-10-26)28-13-15-29(16-14-28)31(4,5)6/h7-19,23H,20-21H2,1-6H3/b22-19+. The molecular formula is C31H36O2. The molecule has 0 N–H and O–H groups in total. The minimum absolute atomic E-state index is 0.0524. The van der Waals surface area contributed by atoms with Gasteiger partial charge in [0.1, 0.15) is 18.1 Å². The van der Waals surface area contributed by atoms with Crippen LogP contribution in [0, 0.1) is 5.92 Å². The largest absolute Gasteiger partial charge is 0.490 e. The summed E-state index contributed by atoms with van der Waals surface area (Å²) in [5.41, 5.74) is 7.52. The van der Waals surface area contributed by atoms with Crippen LogP contribution in [0.4, 0.5) is 0 Å². The van der Waals surface area contributed by atoms with E-state index in [1.54, 1.807) is 6.92 Å². The summed E-state index contributed by atoms with van der Waals surface area (Å²) in [7, 11) is 0. The summed E-state index contributed by atoms with van der Waals surface area (Å²) in [6, 6.07) is 25.6. The molecule has 0 aromatic heterocycles. The third-order valence-corrected chi connectivity index (χ3v) is 6.22. The van der Waals surface area contributed by atoms with Gasteiger partial charge in [0.15, 0.2) is 0 Å². The molecule has 1 atom stereocenters. The predicted molar refractivity (Wildman–Crippen MR) is 140 cm³/mol. The Morgan fingerprint density at radius 1 is 0.848 bits per heavy atom. The molecule has 3 rings (SSSR count). The number of allylic oxidation sites excluding steroid dienone is 1. The first-order chi connectivity index (χ1) is 15.6. The average Bonchev–Trinajstić information content (AvgIpc) is 2.79. The van der Waals surface area contributed by atoms with Crippen LogP contribution in [0.1, 0.15) is 58.2 Å². The first-order valence-electron chi connectivity index (χ1n) is 11.7. The van der Waals surface area contributed by atoms with Gasteiger partial charge < -0.3 is 4.74 Å². The Labute approximate surface area is 199 Å². The van der Waals surface area contributed by atoms with Crippen molar-refractivity contribution in [3.63, 3.8) is 0 Å². The minimum Gasteiger partial charge on any atom is -0.490 e. The van der Waals surface area contributed by atoms with Gasteiger partial charge in [0.25, 0.3) is 0 Å². The van der Waals surface area contributed by atoms with E-state index in [1.165, 1.54) is 27.8 Å². The first kappa shape index (κ1) is 24.5. The Kier molecular flexibility index (Phi) is 7.92. The van der Waals surface area contributed by atoms with Crippen LogP contribution in [0.25, 0.3) is 16.7 Å². The summed E-state index contributed by atoms with van der Waals surface area (Å²) in [5.74, 6) is 1.12. The zero-order chi connectivity index (χ0) is 24.0. The number of carbonyl (C=O) groups is 1. The molecular weight excluding hydrogens is 404 g/mol. The second kappa shape index (κ2) is 10.7. The van der Waals surface area contributed by atoms with Crippen LogP contribution >= 0.6 is 0 Å². The Morgan fingerprint density at radius 2 is 1.39 bits per heavy atom. The second-order valence-corrected chi connectivity index (χ2v) is 9.96. The molecule has 0 fully saturated rings. The van der Waals surface area contributed by atoms with Crippen LogP contribution in [-0.2, 0) is 16.6 Å². The summed E-state index contributed by atoms with van der Waals surface area (Å²) >= 11 is 0. The highest BCUT2D eigenvalue weighted by Crippen LogP contribution is 2.27. The van der Waals surface area contributed by atoms with Crippen molar-refractivity contribution in [2.75, 3.05) is 6.61 Å². The first-order valence-corrected chi connectivity index (χ1v) is 11.7. The van der Waals surface area contributed by atoms with Crippen molar-refractivity contribution in [3.8, 4) is 16.9 Å². The van der Waals surface area contributed by atoms with E-state index in [4.69, 9.17) is 4.74 Å². The molecule has 0 aliphatic carbocycles. The van der Waals surface area contributed by atoms with Gasteiger partial charge in [-0.1, -0.05) is 88.4 Å².